The molecule has 0 saturated carbocycles. The van der Waals surface area contributed by atoms with Crippen molar-refractivity contribution in [3.05, 3.63) is 0 Å². The summed E-state index contributed by atoms with van der Waals surface area (Å²) in [5.41, 5.74) is 0. The average Bonchev–Trinajstić information content (AvgIpc) is 2.16. The summed E-state index contributed by atoms with van der Waals surface area (Å²) in [5, 5.41) is 0. The van der Waals surface area contributed by atoms with E-state index in [1.807, 2.05) is 0 Å². The largest absolute Gasteiger partial charge is 0.313 e. The minimum Gasteiger partial charge on any atom is -0.313 e. The fourth-order valence-electron chi connectivity index (χ4n) is 1.90. The molecule has 0 spiro atoms. The lowest BCUT2D eigenvalue weighted by molar-refractivity contribution is -0.0373. The van der Waals surface area contributed by atoms with Crippen LogP contribution in [0.2, 0.25) is 39.3 Å². The van der Waals surface area contributed by atoms with Crippen molar-refractivity contribution >= 4 is 37.1 Å². The fourth-order valence-corrected chi connectivity index (χ4v) is 10.9. The number of nitrogens with zero attached hydrogens (tertiary/aromatic N) is 1. The SMILES string of the molecule is CCCCCON([Si](C)(C)C)[Si](C)(C)C.[SiH3]Cl. The lowest BCUT2D eigenvalue weighted by Gasteiger charge is -2.42. The first kappa shape index (κ1) is 20.2. The van der Waals surface area contributed by atoms with Gasteiger partial charge in [0.25, 0.3) is 0 Å². The van der Waals surface area contributed by atoms with E-state index in [2.05, 4.69) is 50.6 Å². The molecule has 0 saturated heterocycles. The molecule has 0 aliphatic carbocycles. The molecule has 0 aromatic carbocycles. The maximum absolute atomic E-state index is 6.03. The van der Waals surface area contributed by atoms with E-state index in [1.165, 1.54) is 19.3 Å². The molecular weight excluding hydrogens is 282 g/mol. The van der Waals surface area contributed by atoms with Crippen molar-refractivity contribution in [1.29, 1.82) is 0 Å². The Hall–Kier alpha value is 0.861. The van der Waals surface area contributed by atoms with E-state index >= 15 is 0 Å². The molecule has 0 bridgehead atoms. The maximum Gasteiger partial charge on any atom is 0.141 e. The summed E-state index contributed by atoms with van der Waals surface area (Å²) in [4.78, 5) is 6.03. The van der Waals surface area contributed by atoms with E-state index in [0.717, 1.165) is 16.2 Å². The highest BCUT2D eigenvalue weighted by molar-refractivity contribution is 6.89. The molecule has 0 atom stereocenters. The Morgan fingerprint density at radius 1 is 0.941 bits per heavy atom. The number of unbranched alkanes of at least 4 members (excludes halogenated alkanes) is 2. The van der Waals surface area contributed by atoms with Gasteiger partial charge in [0.1, 0.15) is 26.0 Å². The maximum atomic E-state index is 6.03. The molecule has 17 heavy (non-hydrogen) atoms. The van der Waals surface area contributed by atoms with E-state index in [9.17, 15) is 0 Å². The van der Waals surface area contributed by atoms with Crippen molar-refractivity contribution in [2.45, 2.75) is 65.5 Å². The summed E-state index contributed by atoms with van der Waals surface area (Å²) < 4.78 is 2.40. The molecule has 0 heterocycles. The second-order valence-electron chi connectivity index (χ2n) is 6.18. The van der Waals surface area contributed by atoms with Crippen LogP contribution in [0.25, 0.3) is 0 Å². The summed E-state index contributed by atoms with van der Waals surface area (Å²) in [6.45, 7) is 17.3. The van der Waals surface area contributed by atoms with Gasteiger partial charge >= 0.3 is 0 Å². The molecule has 2 nitrogen and oxygen atoms in total. The van der Waals surface area contributed by atoms with E-state index in [-0.39, 0.29) is 0 Å². The molecule has 0 N–H and O–H groups in total. The van der Waals surface area contributed by atoms with Crippen LogP contribution < -0.4 is 0 Å². The molecule has 0 fully saturated rings. The lowest BCUT2D eigenvalue weighted by atomic mass is 10.3. The number of halogens is 1. The monoisotopic (exact) mass is 313 g/mol. The predicted molar refractivity (Wildman–Crippen MR) is 89.8 cm³/mol. The lowest BCUT2D eigenvalue weighted by Crippen LogP contribution is -2.58. The molecule has 0 amide bonds. The average molecular weight is 314 g/mol. The van der Waals surface area contributed by atoms with Gasteiger partial charge in [-0.1, -0.05) is 59.0 Å². The summed E-state index contributed by atoms with van der Waals surface area (Å²) in [6.07, 6.45) is 3.75. The molecule has 0 rings (SSSR count). The van der Waals surface area contributed by atoms with Crippen LogP contribution in [0, 0.1) is 0 Å². The third-order valence-corrected chi connectivity index (χ3v) is 8.91. The Bertz CT molecular complexity index is 167. The van der Waals surface area contributed by atoms with Crippen molar-refractivity contribution in [2.24, 2.45) is 0 Å². The van der Waals surface area contributed by atoms with Gasteiger partial charge in [0.15, 0.2) is 0 Å². The zero-order valence-corrected chi connectivity index (χ0v) is 17.8. The third kappa shape index (κ3) is 10.5. The molecule has 0 aliphatic heterocycles. The van der Waals surface area contributed by atoms with E-state index in [1.54, 1.807) is 0 Å². The molecule has 0 unspecified atom stereocenters. The van der Waals surface area contributed by atoms with Crippen molar-refractivity contribution in [2.75, 3.05) is 6.61 Å². The van der Waals surface area contributed by atoms with E-state index in [0.29, 0.717) is 0 Å². The molecular formula is C11H32ClNOSi3. The van der Waals surface area contributed by atoms with Crippen LogP contribution in [0.3, 0.4) is 0 Å². The first-order valence-electron chi connectivity index (χ1n) is 6.50. The summed E-state index contributed by atoms with van der Waals surface area (Å²) in [5.74, 6) is 0. The number of rotatable bonds is 7. The summed E-state index contributed by atoms with van der Waals surface area (Å²) in [7, 11) is -1.84. The molecule has 6 heteroatoms. The smallest absolute Gasteiger partial charge is 0.141 e. The van der Waals surface area contributed by atoms with Crippen LogP contribution in [0.1, 0.15) is 26.2 Å². The van der Waals surface area contributed by atoms with Gasteiger partial charge in [-0.3, -0.25) is 0 Å². The van der Waals surface area contributed by atoms with Crippen LogP contribution in [0.4, 0.5) is 0 Å². The Morgan fingerprint density at radius 3 is 1.65 bits per heavy atom. The molecule has 0 aromatic heterocycles. The van der Waals surface area contributed by atoms with Crippen molar-refractivity contribution < 1.29 is 4.84 Å². The highest BCUT2D eigenvalue weighted by Crippen LogP contribution is 2.20. The van der Waals surface area contributed by atoms with Crippen LogP contribution in [0.5, 0.6) is 0 Å². The Labute approximate surface area is 118 Å². The van der Waals surface area contributed by atoms with E-state index in [4.69, 9.17) is 15.9 Å². The summed E-state index contributed by atoms with van der Waals surface area (Å²) in [6, 6.07) is 0. The van der Waals surface area contributed by atoms with E-state index < -0.39 is 16.5 Å². The highest BCUT2D eigenvalue weighted by atomic mass is 35.6. The molecule has 0 aromatic rings. The standard InChI is InChI=1S/C11H29NOSi2.ClH3Si/c1-8-9-10-11-13-12(14(2,3)4)15(5,6)7;1-2/h8-11H2,1-7H3;2H3. The van der Waals surface area contributed by atoms with Crippen LogP contribution >= 0.6 is 11.1 Å². The topological polar surface area (TPSA) is 12.5 Å². The summed E-state index contributed by atoms with van der Waals surface area (Å²) >= 11 is 4.78. The Kier molecular flexibility index (Phi) is 11.6. The van der Waals surface area contributed by atoms with Gasteiger partial charge in [0, 0.05) is 0 Å². The minimum absolute atomic E-state index is 0.778. The highest BCUT2D eigenvalue weighted by Gasteiger charge is 2.35. The Balaban J connectivity index is 0. The molecule has 106 valence electrons. The quantitative estimate of drug-likeness (QED) is 0.308. The minimum atomic E-state index is -1.31. The van der Waals surface area contributed by atoms with Gasteiger partial charge in [-0.25, -0.2) is 4.39 Å². The van der Waals surface area contributed by atoms with Gasteiger partial charge in [-0.15, -0.1) is 0 Å². The molecule has 0 radical (unpaired) electrons. The van der Waals surface area contributed by atoms with Crippen LogP contribution in [-0.2, 0) is 4.84 Å². The van der Waals surface area contributed by atoms with Gasteiger partial charge < -0.3 is 4.84 Å². The van der Waals surface area contributed by atoms with Gasteiger partial charge in [-0.2, -0.15) is 11.1 Å². The zero-order valence-electron chi connectivity index (χ0n) is 13.1. The van der Waals surface area contributed by atoms with Crippen molar-refractivity contribution in [1.82, 2.24) is 4.39 Å². The van der Waals surface area contributed by atoms with Gasteiger partial charge in [0.05, 0.1) is 6.61 Å². The third-order valence-electron chi connectivity index (χ3n) is 2.19. The number of hydrogen-bond acceptors (Lipinski definition) is 2. The molecule has 0 aliphatic rings. The first-order valence-corrected chi connectivity index (χ1v) is 16.4. The Morgan fingerprint density at radius 2 is 1.35 bits per heavy atom. The fraction of sp³-hybridized carbons (Fsp3) is 1.00. The van der Waals surface area contributed by atoms with Gasteiger partial charge in [-0.05, 0) is 6.42 Å². The second kappa shape index (κ2) is 9.75. The zero-order chi connectivity index (χ0) is 14.1. The second-order valence-corrected chi connectivity index (χ2v) is 16.1. The van der Waals surface area contributed by atoms with Gasteiger partial charge in [0.2, 0.25) is 0 Å². The normalized spacial score (nSPS) is 12.5. The number of hydrogen-bond donors (Lipinski definition) is 0. The van der Waals surface area contributed by atoms with Crippen LogP contribution in [0.15, 0.2) is 0 Å². The first-order chi connectivity index (χ1) is 7.69. The van der Waals surface area contributed by atoms with Crippen LogP contribution in [-0.4, -0.2) is 37.0 Å². The van der Waals surface area contributed by atoms with Crippen molar-refractivity contribution in [3.8, 4) is 0 Å². The van der Waals surface area contributed by atoms with Crippen molar-refractivity contribution in [3.63, 3.8) is 0 Å². The predicted octanol–water partition coefficient (Wildman–Crippen LogP) is 3.59.